The van der Waals surface area contributed by atoms with Gasteiger partial charge in [-0.05, 0) is 25.1 Å². The molecule has 0 aromatic heterocycles. The predicted molar refractivity (Wildman–Crippen MR) is 62.7 cm³/mol. The quantitative estimate of drug-likeness (QED) is 0.459. The van der Waals surface area contributed by atoms with Crippen LogP contribution < -0.4 is 9.47 Å². The minimum atomic E-state index is -0.543. The molecule has 0 radical (unpaired) electrons. The van der Waals surface area contributed by atoms with Gasteiger partial charge in [0.15, 0.2) is 17.2 Å². The van der Waals surface area contributed by atoms with Crippen LogP contribution in [0.1, 0.15) is 12.5 Å². The summed E-state index contributed by atoms with van der Waals surface area (Å²) in [6, 6.07) is 5.07. The van der Waals surface area contributed by atoms with Crippen LogP contribution in [0.5, 0.6) is 11.5 Å². The molecule has 0 saturated carbocycles. The number of esters is 1. The van der Waals surface area contributed by atoms with Crippen LogP contribution in [0.15, 0.2) is 23.4 Å². The number of rotatable bonds is 4. The molecule has 18 heavy (non-hydrogen) atoms. The molecule has 0 unspecified atom stereocenters. The van der Waals surface area contributed by atoms with Crippen molar-refractivity contribution in [3.8, 4) is 11.5 Å². The number of carbonyl (C=O) groups excluding carboxylic acids is 1. The number of nitrogens with zero attached hydrogens (tertiary/aromatic N) is 1. The monoisotopic (exact) mass is 251 g/mol. The number of benzene rings is 1. The largest absolute Gasteiger partial charge is 0.461 e. The molecule has 0 atom stereocenters. The molecule has 0 bridgehead atoms. The van der Waals surface area contributed by atoms with E-state index in [0.717, 1.165) is 0 Å². The van der Waals surface area contributed by atoms with Crippen molar-refractivity contribution in [1.29, 1.82) is 0 Å². The summed E-state index contributed by atoms with van der Waals surface area (Å²) in [7, 11) is 1.37. The third kappa shape index (κ3) is 2.37. The van der Waals surface area contributed by atoms with E-state index in [9.17, 15) is 4.79 Å². The lowest BCUT2D eigenvalue weighted by Gasteiger charge is -2.06. The fraction of sp³-hybridized carbons (Fsp3) is 0.333. The average molecular weight is 251 g/mol. The molecule has 0 aliphatic carbocycles. The molecule has 1 heterocycles. The minimum Gasteiger partial charge on any atom is -0.461 e. The van der Waals surface area contributed by atoms with Crippen molar-refractivity contribution in [2.24, 2.45) is 5.16 Å². The lowest BCUT2D eigenvalue weighted by Crippen LogP contribution is -2.19. The molecule has 6 heteroatoms. The maximum atomic E-state index is 11.7. The van der Waals surface area contributed by atoms with E-state index in [1.54, 1.807) is 25.1 Å². The Kier molecular flexibility index (Phi) is 3.66. The highest BCUT2D eigenvalue weighted by Crippen LogP contribution is 2.32. The molecular weight excluding hydrogens is 238 g/mol. The first-order valence-corrected chi connectivity index (χ1v) is 5.44. The maximum Gasteiger partial charge on any atom is 0.361 e. The Balaban J connectivity index is 2.31. The smallest absolute Gasteiger partial charge is 0.361 e. The topological polar surface area (TPSA) is 66.4 Å². The van der Waals surface area contributed by atoms with Crippen molar-refractivity contribution in [2.75, 3.05) is 20.5 Å². The van der Waals surface area contributed by atoms with Crippen LogP contribution in [-0.2, 0) is 14.4 Å². The maximum absolute atomic E-state index is 11.7. The van der Waals surface area contributed by atoms with Crippen LogP contribution in [0.4, 0.5) is 0 Å². The van der Waals surface area contributed by atoms with E-state index in [1.165, 1.54) is 7.11 Å². The normalized spacial score (nSPS) is 13.3. The van der Waals surface area contributed by atoms with Gasteiger partial charge in [0.2, 0.25) is 6.79 Å². The first-order chi connectivity index (χ1) is 8.76. The minimum absolute atomic E-state index is 0.0950. The fourth-order valence-corrected chi connectivity index (χ4v) is 1.54. The number of ether oxygens (including phenoxy) is 3. The predicted octanol–water partition coefficient (Wildman–Crippen LogP) is 1.33. The number of hydrogen-bond acceptors (Lipinski definition) is 6. The summed E-state index contributed by atoms with van der Waals surface area (Å²) in [6.45, 7) is 2.17. The zero-order valence-electron chi connectivity index (χ0n) is 10.1. The second kappa shape index (κ2) is 5.39. The Morgan fingerprint density at radius 3 is 2.89 bits per heavy atom. The standard InChI is InChI=1S/C12H13NO5/c1-3-16-12(14)11(13-15-2)8-4-5-9-10(6-8)18-7-17-9/h4-6H,3,7H2,1-2H3. The zero-order valence-corrected chi connectivity index (χ0v) is 10.1. The van der Waals surface area contributed by atoms with Gasteiger partial charge in [0.05, 0.1) is 6.61 Å². The van der Waals surface area contributed by atoms with Crippen molar-refractivity contribution in [1.82, 2.24) is 0 Å². The molecule has 2 rings (SSSR count). The van der Waals surface area contributed by atoms with Gasteiger partial charge in [-0.3, -0.25) is 0 Å². The van der Waals surface area contributed by atoms with Gasteiger partial charge in [-0.25, -0.2) is 4.79 Å². The Hall–Kier alpha value is -2.24. The number of fused-ring (bicyclic) bond motifs is 1. The van der Waals surface area contributed by atoms with Crippen molar-refractivity contribution >= 4 is 11.7 Å². The first kappa shape index (κ1) is 12.2. The second-order valence-electron chi connectivity index (χ2n) is 3.41. The van der Waals surface area contributed by atoms with Crippen molar-refractivity contribution in [3.63, 3.8) is 0 Å². The molecule has 0 spiro atoms. The van der Waals surface area contributed by atoms with Gasteiger partial charge in [0, 0.05) is 5.56 Å². The molecule has 1 aromatic carbocycles. The van der Waals surface area contributed by atoms with Gasteiger partial charge >= 0.3 is 5.97 Å². The number of hydrogen-bond donors (Lipinski definition) is 0. The summed E-state index contributed by atoms with van der Waals surface area (Å²) < 4.78 is 15.3. The zero-order chi connectivity index (χ0) is 13.0. The highest BCUT2D eigenvalue weighted by atomic mass is 16.7. The summed E-state index contributed by atoms with van der Waals surface area (Å²) in [5.74, 6) is 0.665. The SMILES string of the molecule is CCOC(=O)C(=NOC)c1ccc2c(c1)OCO2. The molecule has 0 amide bonds. The van der Waals surface area contributed by atoms with Crippen LogP contribution >= 0.6 is 0 Å². The van der Waals surface area contributed by atoms with Crippen LogP contribution in [0, 0.1) is 0 Å². The molecule has 6 nitrogen and oxygen atoms in total. The van der Waals surface area contributed by atoms with Crippen molar-refractivity contribution in [2.45, 2.75) is 6.92 Å². The summed E-state index contributed by atoms with van der Waals surface area (Å²) in [4.78, 5) is 16.4. The summed E-state index contributed by atoms with van der Waals surface area (Å²) in [6.07, 6.45) is 0. The highest BCUT2D eigenvalue weighted by Gasteiger charge is 2.20. The van der Waals surface area contributed by atoms with Crippen molar-refractivity contribution < 1.29 is 23.8 Å². The van der Waals surface area contributed by atoms with Gasteiger partial charge in [0.1, 0.15) is 7.11 Å². The van der Waals surface area contributed by atoms with Crippen LogP contribution in [0.3, 0.4) is 0 Å². The highest BCUT2D eigenvalue weighted by molar-refractivity contribution is 6.43. The summed E-state index contributed by atoms with van der Waals surface area (Å²) in [5, 5.41) is 3.68. The van der Waals surface area contributed by atoms with E-state index in [2.05, 4.69) is 9.99 Å². The molecular formula is C12H13NO5. The van der Waals surface area contributed by atoms with E-state index >= 15 is 0 Å². The van der Waals surface area contributed by atoms with Crippen LogP contribution in [0.2, 0.25) is 0 Å². The van der Waals surface area contributed by atoms with Crippen LogP contribution in [0.25, 0.3) is 0 Å². The molecule has 1 aromatic rings. The first-order valence-electron chi connectivity index (χ1n) is 5.44. The summed E-state index contributed by atoms with van der Waals surface area (Å²) in [5.41, 5.74) is 0.650. The molecule has 1 aliphatic heterocycles. The third-order valence-electron chi connectivity index (χ3n) is 2.30. The molecule has 1 aliphatic rings. The van der Waals surface area contributed by atoms with E-state index in [0.29, 0.717) is 17.1 Å². The van der Waals surface area contributed by atoms with Gasteiger partial charge < -0.3 is 19.0 Å². The van der Waals surface area contributed by atoms with Crippen molar-refractivity contribution in [3.05, 3.63) is 23.8 Å². The third-order valence-corrected chi connectivity index (χ3v) is 2.30. The lowest BCUT2D eigenvalue weighted by atomic mass is 10.1. The van der Waals surface area contributed by atoms with E-state index in [4.69, 9.17) is 14.2 Å². The molecule has 96 valence electrons. The Labute approximate surface area is 104 Å². The van der Waals surface area contributed by atoms with E-state index < -0.39 is 5.97 Å². The Morgan fingerprint density at radius 2 is 2.17 bits per heavy atom. The second-order valence-corrected chi connectivity index (χ2v) is 3.41. The lowest BCUT2D eigenvalue weighted by molar-refractivity contribution is -0.135. The average Bonchev–Trinajstić information content (AvgIpc) is 2.83. The van der Waals surface area contributed by atoms with Gasteiger partial charge in [-0.1, -0.05) is 5.16 Å². The summed E-state index contributed by atoms with van der Waals surface area (Å²) >= 11 is 0. The number of carbonyl (C=O) groups is 1. The van der Waals surface area contributed by atoms with Gasteiger partial charge in [-0.2, -0.15) is 0 Å². The van der Waals surface area contributed by atoms with Gasteiger partial charge in [0.25, 0.3) is 0 Å². The fourth-order valence-electron chi connectivity index (χ4n) is 1.54. The van der Waals surface area contributed by atoms with Gasteiger partial charge in [-0.15, -0.1) is 0 Å². The number of oxime groups is 1. The molecule has 0 N–H and O–H groups in total. The van der Waals surface area contributed by atoms with E-state index in [1.807, 2.05) is 0 Å². The Morgan fingerprint density at radius 1 is 1.39 bits per heavy atom. The molecule has 0 saturated heterocycles. The molecule has 0 fully saturated rings. The van der Waals surface area contributed by atoms with Crippen LogP contribution in [-0.4, -0.2) is 32.2 Å². The Bertz CT molecular complexity index is 483. The van der Waals surface area contributed by atoms with E-state index in [-0.39, 0.29) is 19.1 Å².